The lowest BCUT2D eigenvalue weighted by Gasteiger charge is -2.37. The van der Waals surface area contributed by atoms with E-state index in [0.717, 1.165) is 11.3 Å². The zero-order valence-electron chi connectivity index (χ0n) is 7.65. The van der Waals surface area contributed by atoms with Crippen molar-refractivity contribution in [3.05, 3.63) is 12.0 Å². The molecule has 74 valence electrons. The minimum atomic E-state index is -3.11. The fraction of sp³-hybridized carbons (Fsp3) is 0.778. The maximum absolute atomic E-state index is 11.2. The summed E-state index contributed by atoms with van der Waals surface area (Å²) in [6.07, 6.45) is 3.93. The van der Waals surface area contributed by atoms with Crippen molar-refractivity contribution in [3.63, 3.8) is 0 Å². The van der Waals surface area contributed by atoms with Crippen molar-refractivity contribution in [2.75, 3.05) is 13.1 Å². The molecule has 1 heterocycles. The fourth-order valence-corrected chi connectivity index (χ4v) is 2.86. The van der Waals surface area contributed by atoms with Gasteiger partial charge in [-0.1, -0.05) is 19.4 Å². The Morgan fingerprint density at radius 3 is 2.38 bits per heavy atom. The largest absolute Gasteiger partial charge is 0.235 e. The van der Waals surface area contributed by atoms with Crippen LogP contribution in [-0.4, -0.2) is 25.8 Å². The monoisotopic (exact) mass is 201 g/mol. The van der Waals surface area contributed by atoms with Crippen LogP contribution in [0.1, 0.15) is 19.3 Å². The molecule has 4 heteroatoms. The van der Waals surface area contributed by atoms with Crippen LogP contribution in [0.25, 0.3) is 0 Å². The van der Waals surface area contributed by atoms with Gasteiger partial charge < -0.3 is 0 Å². The first-order chi connectivity index (χ1) is 6.12. The highest BCUT2D eigenvalue weighted by Gasteiger charge is 2.37. The van der Waals surface area contributed by atoms with Gasteiger partial charge in [0.1, 0.15) is 0 Å². The first-order valence-electron chi connectivity index (χ1n) is 4.74. The fourth-order valence-electron chi connectivity index (χ4n) is 1.81. The molecule has 1 saturated carbocycles. The summed E-state index contributed by atoms with van der Waals surface area (Å²) in [6.45, 7) is 4.73. The first-order valence-corrected chi connectivity index (χ1v) is 6.25. The van der Waals surface area contributed by atoms with E-state index in [4.69, 9.17) is 0 Å². The quantitative estimate of drug-likeness (QED) is 0.685. The molecule has 13 heavy (non-hydrogen) atoms. The van der Waals surface area contributed by atoms with Gasteiger partial charge in [0.25, 0.3) is 0 Å². The molecule has 1 aliphatic carbocycles. The van der Waals surface area contributed by atoms with Crippen LogP contribution in [0.2, 0.25) is 0 Å². The second kappa shape index (κ2) is 3.10. The van der Waals surface area contributed by atoms with Gasteiger partial charge in [-0.05, 0) is 18.3 Å². The summed E-state index contributed by atoms with van der Waals surface area (Å²) in [4.78, 5) is 0. The normalized spacial score (nSPS) is 25.5. The van der Waals surface area contributed by atoms with Crippen LogP contribution in [0.3, 0.4) is 0 Å². The number of rotatable bonds is 4. The van der Waals surface area contributed by atoms with Gasteiger partial charge >= 0.3 is 0 Å². The van der Waals surface area contributed by atoms with E-state index in [-0.39, 0.29) is 0 Å². The highest BCUT2D eigenvalue weighted by Crippen LogP contribution is 2.38. The average molecular weight is 201 g/mol. The van der Waals surface area contributed by atoms with Crippen molar-refractivity contribution < 1.29 is 8.42 Å². The molecule has 0 aromatic rings. The average Bonchev–Trinajstić information content (AvgIpc) is 2.78. The molecule has 1 saturated heterocycles. The second-order valence-corrected chi connectivity index (χ2v) is 5.95. The highest BCUT2D eigenvalue weighted by atomic mass is 32.2. The molecular weight excluding hydrogens is 186 g/mol. The van der Waals surface area contributed by atoms with E-state index in [1.807, 2.05) is 0 Å². The van der Waals surface area contributed by atoms with Crippen molar-refractivity contribution in [3.8, 4) is 0 Å². The third kappa shape index (κ3) is 1.94. The van der Waals surface area contributed by atoms with Gasteiger partial charge in [-0.3, -0.25) is 0 Å². The van der Waals surface area contributed by atoms with E-state index in [9.17, 15) is 8.42 Å². The van der Waals surface area contributed by atoms with Crippen LogP contribution in [-0.2, 0) is 10.0 Å². The Labute approximate surface area is 79.5 Å². The number of hydrogen-bond donors (Lipinski definition) is 0. The van der Waals surface area contributed by atoms with E-state index < -0.39 is 10.0 Å². The molecule has 0 aromatic carbocycles. The molecule has 0 amide bonds. The molecule has 0 N–H and O–H groups in total. The Morgan fingerprint density at radius 1 is 1.31 bits per heavy atom. The lowest BCUT2D eigenvalue weighted by Crippen LogP contribution is -2.49. The third-order valence-corrected chi connectivity index (χ3v) is 4.30. The predicted molar refractivity (Wildman–Crippen MR) is 51.5 cm³/mol. The second-order valence-electron chi connectivity index (χ2n) is 4.07. The standard InChI is InChI=1S/C9H15NO2S/c1-2-13(11,12)10-6-9(7-10)5-8-3-4-8/h2,8-9H,1,3-7H2. The molecule has 0 spiro atoms. The van der Waals surface area contributed by atoms with Crippen molar-refractivity contribution in [2.24, 2.45) is 11.8 Å². The predicted octanol–water partition coefficient (Wildman–Crippen LogP) is 1.19. The Hall–Kier alpha value is -0.350. The molecule has 0 aromatic heterocycles. The van der Waals surface area contributed by atoms with Crippen LogP contribution >= 0.6 is 0 Å². The van der Waals surface area contributed by atoms with E-state index >= 15 is 0 Å². The number of nitrogens with zero attached hydrogens (tertiary/aromatic N) is 1. The molecular formula is C9H15NO2S. The van der Waals surface area contributed by atoms with Gasteiger partial charge in [0.2, 0.25) is 10.0 Å². The lowest BCUT2D eigenvalue weighted by molar-refractivity contribution is 0.185. The summed E-state index contributed by atoms with van der Waals surface area (Å²) in [5, 5.41) is 1.04. The summed E-state index contributed by atoms with van der Waals surface area (Å²) in [7, 11) is -3.11. The van der Waals surface area contributed by atoms with Crippen molar-refractivity contribution in [1.82, 2.24) is 4.31 Å². The maximum Gasteiger partial charge on any atom is 0.235 e. The smallest absolute Gasteiger partial charge is 0.208 e. The topological polar surface area (TPSA) is 37.4 Å². The van der Waals surface area contributed by atoms with E-state index in [1.54, 1.807) is 0 Å². The van der Waals surface area contributed by atoms with E-state index in [0.29, 0.717) is 19.0 Å². The Balaban J connectivity index is 1.80. The zero-order chi connectivity index (χ0) is 9.47. The molecule has 2 fully saturated rings. The molecule has 1 aliphatic heterocycles. The maximum atomic E-state index is 11.2. The Kier molecular flexibility index (Phi) is 2.20. The van der Waals surface area contributed by atoms with Gasteiger partial charge in [-0.2, -0.15) is 4.31 Å². The molecule has 0 unspecified atom stereocenters. The molecule has 2 rings (SSSR count). The minimum absolute atomic E-state index is 0.613. The summed E-state index contributed by atoms with van der Waals surface area (Å²) >= 11 is 0. The van der Waals surface area contributed by atoms with Crippen LogP contribution in [0.5, 0.6) is 0 Å². The van der Waals surface area contributed by atoms with Crippen molar-refractivity contribution in [1.29, 1.82) is 0 Å². The van der Waals surface area contributed by atoms with E-state index in [1.165, 1.54) is 23.6 Å². The first kappa shape index (κ1) is 9.21. The summed E-state index contributed by atoms with van der Waals surface area (Å²) in [6, 6.07) is 0. The van der Waals surface area contributed by atoms with Gasteiger partial charge in [-0.15, -0.1) is 0 Å². The Bertz CT molecular complexity index is 300. The molecule has 0 radical (unpaired) electrons. The summed E-state index contributed by atoms with van der Waals surface area (Å²) in [5.41, 5.74) is 0. The van der Waals surface area contributed by atoms with Gasteiger partial charge in [0.15, 0.2) is 0 Å². The van der Waals surface area contributed by atoms with Gasteiger partial charge in [0, 0.05) is 18.5 Å². The molecule has 3 nitrogen and oxygen atoms in total. The van der Waals surface area contributed by atoms with Crippen LogP contribution in [0.15, 0.2) is 12.0 Å². The van der Waals surface area contributed by atoms with Crippen LogP contribution < -0.4 is 0 Å². The van der Waals surface area contributed by atoms with Gasteiger partial charge in [0.05, 0.1) is 0 Å². The molecule has 2 aliphatic rings. The number of hydrogen-bond acceptors (Lipinski definition) is 2. The summed E-state index contributed by atoms with van der Waals surface area (Å²) < 4.78 is 24.0. The van der Waals surface area contributed by atoms with Gasteiger partial charge in [-0.25, -0.2) is 8.42 Å². The molecule has 0 bridgehead atoms. The lowest BCUT2D eigenvalue weighted by atomic mass is 9.97. The third-order valence-electron chi connectivity index (χ3n) is 2.86. The Morgan fingerprint density at radius 2 is 1.92 bits per heavy atom. The van der Waals surface area contributed by atoms with E-state index in [2.05, 4.69) is 6.58 Å². The summed E-state index contributed by atoms with van der Waals surface area (Å²) in [5.74, 6) is 1.51. The van der Waals surface area contributed by atoms with Crippen LogP contribution in [0.4, 0.5) is 0 Å². The minimum Gasteiger partial charge on any atom is -0.208 e. The highest BCUT2D eigenvalue weighted by molar-refractivity contribution is 7.92. The SMILES string of the molecule is C=CS(=O)(=O)N1CC(CC2CC2)C1. The zero-order valence-corrected chi connectivity index (χ0v) is 8.46. The number of sulfonamides is 1. The van der Waals surface area contributed by atoms with Crippen LogP contribution in [0, 0.1) is 11.8 Å². The van der Waals surface area contributed by atoms with Crippen molar-refractivity contribution >= 4 is 10.0 Å². The molecule has 0 atom stereocenters. The van der Waals surface area contributed by atoms with Crippen molar-refractivity contribution in [2.45, 2.75) is 19.3 Å².